The molecule has 0 spiro atoms. The highest BCUT2D eigenvalue weighted by atomic mass is 16.5. The van der Waals surface area contributed by atoms with Crippen molar-refractivity contribution in [1.29, 1.82) is 0 Å². The first-order valence-electron chi connectivity index (χ1n) is 8.45. The molecular weight excluding hydrogens is 286 g/mol. The van der Waals surface area contributed by atoms with Gasteiger partial charge in [0.1, 0.15) is 11.6 Å². The van der Waals surface area contributed by atoms with Crippen molar-refractivity contribution in [1.82, 2.24) is 9.97 Å². The maximum Gasteiger partial charge on any atom is 0.132 e. The molecule has 0 amide bonds. The molecule has 0 bridgehead atoms. The molecule has 1 saturated heterocycles. The third-order valence-electron chi connectivity index (χ3n) is 4.31. The van der Waals surface area contributed by atoms with Crippen LogP contribution < -0.4 is 4.90 Å². The van der Waals surface area contributed by atoms with Crippen molar-refractivity contribution in [2.45, 2.75) is 33.3 Å². The molecule has 4 nitrogen and oxygen atoms in total. The van der Waals surface area contributed by atoms with Gasteiger partial charge in [-0.25, -0.2) is 9.97 Å². The van der Waals surface area contributed by atoms with E-state index in [0.717, 1.165) is 43.5 Å². The molecule has 0 N–H and O–H groups in total. The highest BCUT2D eigenvalue weighted by Crippen LogP contribution is 2.23. The van der Waals surface area contributed by atoms with Crippen LogP contribution in [0.3, 0.4) is 0 Å². The van der Waals surface area contributed by atoms with Crippen LogP contribution in [0.2, 0.25) is 0 Å². The molecule has 1 aromatic carbocycles. The molecule has 122 valence electrons. The fourth-order valence-corrected chi connectivity index (χ4v) is 3.05. The zero-order valence-corrected chi connectivity index (χ0v) is 14.0. The predicted octanol–water partition coefficient (Wildman–Crippen LogP) is 3.39. The summed E-state index contributed by atoms with van der Waals surface area (Å²) >= 11 is 0. The summed E-state index contributed by atoms with van der Waals surface area (Å²) in [5, 5.41) is 0. The van der Waals surface area contributed by atoms with Gasteiger partial charge in [-0.3, -0.25) is 0 Å². The largest absolute Gasteiger partial charge is 0.376 e. The van der Waals surface area contributed by atoms with E-state index in [9.17, 15) is 0 Å². The summed E-state index contributed by atoms with van der Waals surface area (Å²) in [7, 11) is 0. The van der Waals surface area contributed by atoms with Crippen molar-refractivity contribution in [3.8, 4) is 0 Å². The second kappa shape index (κ2) is 7.55. The van der Waals surface area contributed by atoms with Crippen molar-refractivity contribution >= 4 is 5.82 Å². The lowest BCUT2D eigenvalue weighted by Gasteiger charge is -2.18. The predicted molar refractivity (Wildman–Crippen MR) is 92.6 cm³/mol. The molecule has 23 heavy (non-hydrogen) atoms. The van der Waals surface area contributed by atoms with Crippen molar-refractivity contribution in [3.05, 3.63) is 53.5 Å². The Morgan fingerprint density at radius 1 is 1.22 bits per heavy atom. The minimum absolute atomic E-state index is 0.582. The molecule has 4 heteroatoms. The zero-order chi connectivity index (χ0) is 16.1. The molecule has 1 atom stereocenters. The molecule has 3 rings (SSSR count). The number of nitrogens with zero attached hydrogens (tertiary/aromatic N) is 3. The van der Waals surface area contributed by atoms with Crippen molar-refractivity contribution in [2.24, 2.45) is 5.92 Å². The number of anilines is 1. The molecule has 1 unspecified atom stereocenters. The van der Waals surface area contributed by atoms with Crippen LogP contribution >= 0.6 is 0 Å². The van der Waals surface area contributed by atoms with Crippen molar-refractivity contribution in [2.75, 3.05) is 24.6 Å². The molecular formula is C19H25N3O. The lowest BCUT2D eigenvalue weighted by Crippen LogP contribution is -2.23. The molecule has 0 aliphatic carbocycles. The standard InChI is InChI=1S/C19H25N3O/c1-3-18-11-19(21-15(2)20-18)22-10-9-17(12-22)14-23-13-16-7-5-4-6-8-16/h4-8,11,17H,3,9-10,12-14H2,1-2H3. The third-order valence-corrected chi connectivity index (χ3v) is 4.31. The Bertz CT molecular complexity index is 630. The number of hydrogen-bond donors (Lipinski definition) is 0. The van der Waals surface area contributed by atoms with E-state index in [1.807, 2.05) is 13.0 Å². The molecule has 1 fully saturated rings. The topological polar surface area (TPSA) is 38.2 Å². The Labute approximate surface area is 138 Å². The van der Waals surface area contributed by atoms with Crippen molar-refractivity contribution < 1.29 is 4.74 Å². The Hall–Kier alpha value is -1.94. The van der Waals surface area contributed by atoms with Crippen molar-refractivity contribution in [3.63, 3.8) is 0 Å². The Kier molecular flexibility index (Phi) is 5.23. The number of benzene rings is 1. The highest BCUT2D eigenvalue weighted by Gasteiger charge is 2.24. The van der Waals surface area contributed by atoms with E-state index in [4.69, 9.17) is 4.74 Å². The quantitative estimate of drug-likeness (QED) is 0.819. The van der Waals surface area contributed by atoms with Crippen LogP contribution in [-0.4, -0.2) is 29.7 Å². The third kappa shape index (κ3) is 4.29. The van der Waals surface area contributed by atoms with E-state index in [1.165, 1.54) is 12.0 Å². The maximum atomic E-state index is 5.90. The average molecular weight is 311 g/mol. The van der Waals surface area contributed by atoms with Gasteiger partial charge in [0.2, 0.25) is 0 Å². The second-order valence-electron chi connectivity index (χ2n) is 6.22. The number of aryl methyl sites for hydroxylation is 2. The number of hydrogen-bond acceptors (Lipinski definition) is 4. The van der Waals surface area contributed by atoms with Gasteiger partial charge in [0.15, 0.2) is 0 Å². The maximum absolute atomic E-state index is 5.90. The summed E-state index contributed by atoms with van der Waals surface area (Å²) in [6.07, 6.45) is 2.12. The van der Waals surface area contributed by atoms with E-state index < -0.39 is 0 Å². The van der Waals surface area contributed by atoms with Gasteiger partial charge < -0.3 is 9.64 Å². The summed E-state index contributed by atoms with van der Waals surface area (Å²) in [5.41, 5.74) is 2.36. The first-order chi connectivity index (χ1) is 11.2. The Balaban J connectivity index is 1.51. The fourth-order valence-electron chi connectivity index (χ4n) is 3.05. The van der Waals surface area contributed by atoms with Gasteiger partial charge in [-0.2, -0.15) is 0 Å². The van der Waals surface area contributed by atoms with Gasteiger partial charge in [0, 0.05) is 30.8 Å². The van der Waals surface area contributed by atoms with Gasteiger partial charge in [-0.05, 0) is 25.3 Å². The molecule has 2 heterocycles. The Morgan fingerprint density at radius 2 is 2.04 bits per heavy atom. The second-order valence-corrected chi connectivity index (χ2v) is 6.22. The van der Waals surface area contributed by atoms with Gasteiger partial charge in [0.25, 0.3) is 0 Å². The van der Waals surface area contributed by atoms with E-state index in [2.05, 4.69) is 52.1 Å². The summed E-state index contributed by atoms with van der Waals surface area (Å²) < 4.78 is 5.90. The Morgan fingerprint density at radius 3 is 2.83 bits per heavy atom. The van der Waals surface area contributed by atoms with Crippen LogP contribution in [0.1, 0.15) is 30.4 Å². The molecule has 2 aromatic rings. The minimum Gasteiger partial charge on any atom is -0.376 e. The van der Waals surface area contributed by atoms with E-state index in [1.54, 1.807) is 0 Å². The van der Waals surface area contributed by atoms with Gasteiger partial charge in [-0.15, -0.1) is 0 Å². The molecule has 0 radical (unpaired) electrons. The van der Waals surface area contributed by atoms with E-state index in [-0.39, 0.29) is 0 Å². The number of rotatable bonds is 6. The summed E-state index contributed by atoms with van der Waals surface area (Å²) in [4.78, 5) is 11.4. The van der Waals surface area contributed by atoms with E-state index >= 15 is 0 Å². The van der Waals surface area contributed by atoms with Gasteiger partial charge in [0.05, 0.1) is 13.2 Å². The van der Waals surface area contributed by atoms with Crippen LogP contribution in [0.5, 0.6) is 0 Å². The molecule has 1 aliphatic heterocycles. The average Bonchev–Trinajstić information content (AvgIpc) is 3.04. The lowest BCUT2D eigenvalue weighted by atomic mass is 10.1. The van der Waals surface area contributed by atoms with E-state index in [0.29, 0.717) is 12.5 Å². The summed E-state index contributed by atoms with van der Waals surface area (Å²) in [5.74, 6) is 2.52. The first-order valence-corrected chi connectivity index (χ1v) is 8.45. The van der Waals surface area contributed by atoms with Crippen LogP contribution in [0.25, 0.3) is 0 Å². The molecule has 1 aromatic heterocycles. The minimum atomic E-state index is 0.582. The normalized spacial score (nSPS) is 17.7. The van der Waals surface area contributed by atoms with Gasteiger partial charge >= 0.3 is 0 Å². The monoisotopic (exact) mass is 311 g/mol. The molecule has 0 saturated carbocycles. The fraction of sp³-hybridized carbons (Fsp3) is 0.474. The molecule has 1 aliphatic rings. The summed E-state index contributed by atoms with van der Waals surface area (Å²) in [6, 6.07) is 12.5. The smallest absolute Gasteiger partial charge is 0.132 e. The van der Waals surface area contributed by atoms with Crippen LogP contribution in [0.4, 0.5) is 5.82 Å². The summed E-state index contributed by atoms with van der Waals surface area (Å²) in [6.45, 7) is 7.70. The van der Waals surface area contributed by atoms with Crippen LogP contribution in [-0.2, 0) is 17.8 Å². The number of aromatic nitrogens is 2. The van der Waals surface area contributed by atoms with Crippen LogP contribution in [0.15, 0.2) is 36.4 Å². The highest BCUT2D eigenvalue weighted by molar-refractivity contribution is 5.41. The lowest BCUT2D eigenvalue weighted by molar-refractivity contribution is 0.0929. The first kappa shape index (κ1) is 15.9. The van der Waals surface area contributed by atoms with Crippen LogP contribution in [0, 0.1) is 12.8 Å². The number of ether oxygens (including phenoxy) is 1. The van der Waals surface area contributed by atoms with Gasteiger partial charge in [-0.1, -0.05) is 37.3 Å². The zero-order valence-electron chi connectivity index (χ0n) is 14.0. The SMILES string of the molecule is CCc1cc(N2CCC(COCc3ccccc3)C2)nc(C)n1.